The molecule has 0 heterocycles. The molecule has 4 rings (SSSR count). The summed E-state index contributed by atoms with van der Waals surface area (Å²) in [7, 11) is 0. The van der Waals surface area contributed by atoms with Crippen molar-refractivity contribution in [1.29, 1.82) is 0 Å². The molecule has 1 heteroatoms. The summed E-state index contributed by atoms with van der Waals surface area (Å²) in [5, 5.41) is 0. The molecule has 0 amide bonds. The maximum Gasteiger partial charge on any atom is 0.131 e. The van der Waals surface area contributed by atoms with Gasteiger partial charge < -0.3 is 4.74 Å². The van der Waals surface area contributed by atoms with Gasteiger partial charge in [0.15, 0.2) is 0 Å². The van der Waals surface area contributed by atoms with E-state index in [0.717, 1.165) is 24.3 Å². The van der Waals surface area contributed by atoms with Crippen molar-refractivity contribution in [3.63, 3.8) is 0 Å². The molecule has 0 spiro atoms. The molecule has 0 radical (unpaired) electrons. The van der Waals surface area contributed by atoms with Gasteiger partial charge in [0, 0.05) is 5.56 Å². The maximum atomic E-state index is 6.30. The van der Waals surface area contributed by atoms with Gasteiger partial charge in [-0.1, -0.05) is 48.5 Å². The van der Waals surface area contributed by atoms with E-state index in [1.54, 1.807) is 0 Å². The standard InChI is InChI=1S/C22H20O/c1-15-7-5-11-21(16(15)2)23-22-12-6-10-19-18-9-4-3-8-17(18)13-14-20(19)22/h3-12H,13-14H2,1-2H3. The predicted molar refractivity (Wildman–Crippen MR) is 95.3 cm³/mol. The molecule has 3 aromatic rings. The van der Waals surface area contributed by atoms with Crippen LogP contribution in [0.25, 0.3) is 11.1 Å². The Balaban J connectivity index is 1.79. The van der Waals surface area contributed by atoms with Gasteiger partial charge in [-0.25, -0.2) is 0 Å². The van der Waals surface area contributed by atoms with E-state index >= 15 is 0 Å². The van der Waals surface area contributed by atoms with Crippen LogP contribution in [0, 0.1) is 13.8 Å². The van der Waals surface area contributed by atoms with E-state index in [1.807, 2.05) is 0 Å². The van der Waals surface area contributed by atoms with Crippen LogP contribution in [0.1, 0.15) is 22.3 Å². The summed E-state index contributed by atoms with van der Waals surface area (Å²) >= 11 is 0. The van der Waals surface area contributed by atoms with Gasteiger partial charge in [-0.15, -0.1) is 0 Å². The summed E-state index contributed by atoms with van der Waals surface area (Å²) < 4.78 is 6.30. The lowest BCUT2D eigenvalue weighted by molar-refractivity contribution is 0.472. The molecule has 23 heavy (non-hydrogen) atoms. The molecule has 0 bridgehead atoms. The van der Waals surface area contributed by atoms with Crippen molar-refractivity contribution in [1.82, 2.24) is 0 Å². The third-order valence-electron chi connectivity index (χ3n) is 4.86. The molecule has 114 valence electrons. The average molecular weight is 300 g/mol. The zero-order valence-electron chi connectivity index (χ0n) is 13.6. The molecule has 3 aromatic carbocycles. The monoisotopic (exact) mass is 300 g/mol. The first kappa shape index (κ1) is 14.1. The first-order chi connectivity index (χ1) is 11.2. The molecule has 0 N–H and O–H groups in total. The largest absolute Gasteiger partial charge is 0.457 e. The number of benzene rings is 3. The number of hydrogen-bond donors (Lipinski definition) is 0. The summed E-state index contributed by atoms with van der Waals surface area (Å²) in [5.74, 6) is 1.95. The average Bonchev–Trinajstić information content (AvgIpc) is 2.59. The Morgan fingerprint density at radius 1 is 0.696 bits per heavy atom. The highest BCUT2D eigenvalue weighted by Crippen LogP contribution is 2.40. The predicted octanol–water partition coefficient (Wildman–Crippen LogP) is 5.86. The van der Waals surface area contributed by atoms with Crippen LogP contribution in [0.2, 0.25) is 0 Å². The Hall–Kier alpha value is -2.54. The van der Waals surface area contributed by atoms with Crippen molar-refractivity contribution in [3.05, 3.63) is 82.9 Å². The van der Waals surface area contributed by atoms with Gasteiger partial charge in [0.1, 0.15) is 11.5 Å². The highest BCUT2D eigenvalue weighted by Gasteiger charge is 2.19. The van der Waals surface area contributed by atoms with Crippen LogP contribution < -0.4 is 4.74 Å². The Labute approximate surface area is 137 Å². The van der Waals surface area contributed by atoms with Gasteiger partial charge in [-0.2, -0.15) is 0 Å². The van der Waals surface area contributed by atoms with Gasteiger partial charge >= 0.3 is 0 Å². The van der Waals surface area contributed by atoms with E-state index in [4.69, 9.17) is 4.74 Å². The van der Waals surface area contributed by atoms with Crippen molar-refractivity contribution in [2.24, 2.45) is 0 Å². The van der Waals surface area contributed by atoms with E-state index < -0.39 is 0 Å². The van der Waals surface area contributed by atoms with Crippen LogP contribution in [0.5, 0.6) is 11.5 Å². The van der Waals surface area contributed by atoms with Gasteiger partial charge in [0.25, 0.3) is 0 Å². The summed E-state index contributed by atoms with van der Waals surface area (Å²) in [6.45, 7) is 4.24. The minimum Gasteiger partial charge on any atom is -0.457 e. The SMILES string of the molecule is Cc1cccc(Oc2cccc3c2CCc2ccccc2-3)c1C. The number of rotatable bonds is 2. The Morgan fingerprint density at radius 2 is 1.43 bits per heavy atom. The first-order valence-electron chi connectivity index (χ1n) is 8.18. The number of ether oxygens (including phenoxy) is 1. The van der Waals surface area contributed by atoms with Crippen molar-refractivity contribution in [3.8, 4) is 22.6 Å². The molecule has 0 aromatic heterocycles. The van der Waals surface area contributed by atoms with E-state index in [-0.39, 0.29) is 0 Å². The lowest BCUT2D eigenvalue weighted by Gasteiger charge is -2.22. The third kappa shape index (κ3) is 2.43. The summed E-state index contributed by atoms with van der Waals surface area (Å²) in [4.78, 5) is 0. The molecule has 1 aliphatic carbocycles. The minimum absolute atomic E-state index is 0.956. The van der Waals surface area contributed by atoms with Crippen LogP contribution >= 0.6 is 0 Å². The van der Waals surface area contributed by atoms with Gasteiger partial charge in [0.05, 0.1) is 0 Å². The van der Waals surface area contributed by atoms with E-state index in [0.29, 0.717) is 0 Å². The van der Waals surface area contributed by atoms with Crippen LogP contribution in [0.3, 0.4) is 0 Å². The fraction of sp³-hybridized carbons (Fsp3) is 0.182. The summed E-state index contributed by atoms with van der Waals surface area (Å²) in [6, 6.07) is 21.3. The molecule has 0 aliphatic heterocycles. The second kappa shape index (κ2) is 5.58. The fourth-order valence-electron chi connectivity index (χ4n) is 3.39. The van der Waals surface area contributed by atoms with E-state index in [1.165, 1.54) is 33.4 Å². The second-order valence-corrected chi connectivity index (χ2v) is 6.24. The van der Waals surface area contributed by atoms with Gasteiger partial charge in [-0.05, 0) is 66.6 Å². The molecular formula is C22H20O. The highest BCUT2D eigenvalue weighted by atomic mass is 16.5. The zero-order chi connectivity index (χ0) is 15.8. The molecule has 0 unspecified atom stereocenters. The summed E-state index contributed by atoms with van der Waals surface area (Å²) in [6.07, 6.45) is 2.11. The lowest BCUT2D eigenvalue weighted by atomic mass is 9.85. The van der Waals surface area contributed by atoms with Gasteiger partial charge in [0.2, 0.25) is 0 Å². The molecule has 1 nitrogen and oxygen atoms in total. The van der Waals surface area contributed by atoms with Crippen molar-refractivity contribution in [2.75, 3.05) is 0 Å². The third-order valence-corrected chi connectivity index (χ3v) is 4.86. The molecule has 0 fully saturated rings. The Morgan fingerprint density at radius 3 is 2.35 bits per heavy atom. The topological polar surface area (TPSA) is 9.23 Å². The van der Waals surface area contributed by atoms with E-state index in [9.17, 15) is 0 Å². The second-order valence-electron chi connectivity index (χ2n) is 6.24. The fourth-order valence-corrected chi connectivity index (χ4v) is 3.39. The van der Waals surface area contributed by atoms with Crippen molar-refractivity contribution in [2.45, 2.75) is 26.7 Å². The molecule has 0 atom stereocenters. The number of fused-ring (bicyclic) bond motifs is 3. The molecule has 0 saturated heterocycles. The molecule has 0 saturated carbocycles. The van der Waals surface area contributed by atoms with Crippen molar-refractivity contribution < 1.29 is 4.74 Å². The lowest BCUT2D eigenvalue weighted by Crippen LogP contribution is -2.05. The Bertz CT molecular complexity index is 877. The van der Waals surface area contributed by atoms with Crippen molar-refractivity contribution >= 4 is 0 Å². The van der Waals surface area contributed by atoms with Crippen LogP contribution in [-0.4, -0.2) is 0 Å². The first-order valence-corrected chi connectivity index (χ1v) is 8.18. The van der Waals surface area contributed by atoms with Crippen LogP contribution in [0.15, 0.2) is 60.7 Å². The minimum atomic E-state index is 0.956. The highest BCUT2D eigenvalue weighted by molar-refractivity contribution is 5.75. The number of hydrogen-bond acceptors (Lipinski definition) is 1. The Kier molecular flexibility index (Phi) is 3.42. The van der Waals surface area contributed by atoms with E-state index in [2.05, 4.69) is 74.5 Å². The quantitative estimate of drug-likeness (QED) is 0.576. The maximum absolute atomic E-state index is 6.30. The van der Waals surface area contributed by atoms with Gasteiger partial charge in [-0.3, -0.25) is 0 Å². The van der Waals surface area contributed by atoms with Crippen LogP contribution in [0.4, 0.5) is 0 Å². The van der Waals surface area contributed by atoms with Crippen LogP contribution in [-0.2, 0) is 12.8 Å². The molecule has 1 aliphatic rings. The number of aryl methyl sites for hydroxylation is 2. The molecular weight excluding hydrogens is 280 g/mol. The zero-order valence-corrected chi connectivity index (χ0v) is 13.6. The summed E-state index contributed by atoms with van der Waals surface area (Å²) in [5.41, 5.74) is 7.89. The normalized spacial score (nSPS) is 12.4. The smallest absolute Gasteiger partial charge is 0.131 e.